The zero-order valence-electron chi connectivity index (χ0n) is 10.5. The Hall–Kier alpha value is -1.65. The number of carbonyl (C=O) groups excluding carboxylic acids is 1. The Morgan fingerprint density at radius 2 is 1.85 bits per heavy atom. The molecule has 0 fully saturated rings. The first-order valence-electron chi connectivity index (χ1n) is 6.13. The van der Waals surface area contributed by atoms with Gasteiger partial charge in [-0.1, -0.05) is 36.4 Å². The Morgan fingerprint density at radius 3 is 2.65 bits per heavy atom. The summed E-state index contributed by atoms with van der Waals surface area (Å²) in [4.78, 5) is 12.7. The number of ether oxygens (including phenoxy) is 1. The summed E-state index contributed by atoms with van der Waals surface area (Å²) in [6.07, 6.45) is 0. The summed E-state index contributed by atoms with van der Waals surface area (Å²) in [5.74, 6) is 0.737. The largest absolute Gasteiger partial charge is 0.485 e. The summed E-state index contributed by atoms with van der Waals surface area (Å²) in [6, 6.07) is 17.5. The van der Waals surface area contributed by atoms with Crippen LogP contribution in [0, 0.1) is 0 Å². The number of rotatable bonds is 4. The molecule has 20 heavy (non-hydrogen) atoms. The van der Waals surface area contributed by atoms with Crippen LogP contribution in [0.15, 0.2) is 58.4 Å². The van der Waals surface area contributed by atoms with Crippen LogP contribution in [0.3, 0.4) is 0 Å². The van der Waals surface area contributed by atoms with Crippen molar-refractivity contribution in [3.63, 3.8) is 0 Å². The summed E-state index contributed by atoms with van der Waals surface area (Å²) < 4.78 is 6.64. The molecule has 2 aromatic carbocycles. The molecule has 1 heterocycles. The third-order valence-electron chi connectivity index (χ3n) is 2.96. The summed E-state index contributed by atoms with van der Waals surface area (Å²) in [5, 5.41) is 2.13. The van der Waals surface area contributed by atoms with Gasteiger partial charge in [0.15, 0.2) is 6.61 Å². The van der Waals surface area contributed by atoms with Gasteiger partial charge in [-0.3, -0.25) is 4.79 Å². The number of halogens is 1. The molecule has 0 atom stereocenters. The van der Waals surface area contributed by atoms with Gasteiger partial charge in [0.1, 0.15) is 5.75 Å². The van der Waals surface area contributed by atoms with Gasteiger partial charge in [-0.15, -0.1) is 11.3 Å². The Bertz CT molecular complexity index is 759. The molecule has 0 bridgehead atoms. The molecular formula is C16H11BrO2S. The van der Waals surface area contributed by atoms with Crippen LogP contribution < -0.4 is 4.74 Å². The molecule has 0 saturated carbocycles. The Balaban J connectivity index is 1.79. The number of fused-ring (bicyclic) bond motifs is 1. The van der Waals surface area contributed by atoms with Crippen molar-refractivity contribution in [2.45, 2.75) is 0 Å². The van der Waals surface area contributed by atoms with E-state index in [-0.39, 0.29) is 12.4 Å². The van der Waals surface area contributed by atoms with E-state index in [2.05, 4.69) is 15.9 Å². The number of benzene rings is 2. The summed E-state index contributed by atoms with van der Waals surface area (Å²) in [5.41, 5.74) is 0. The van der Waals surface area contributed by atoms with Gasteiger partial charge in [0.05, 0.1) is 8.66 Å². The molecule has 4 heteroatoms. The van der Waals surface area contributed by atoms with E-state index >= 15 is 0 Å². The third kappa shape index (κ3) is 2.76. The minimum atomic E-state index is -0.00589. The van der Waals surface area contributed by atoms with Crippen LogP contribution in [-0.4, -0.2) is 12.4 Å². The Morgan fingerprint density at radius 1 is 1.05 bits per heavy atom. The molecule has 2 nitrogen and oxygen atoms in total. The van der Waals surface area contributed by atoms with Crippen LogP contribution in [0.25, 0.3) is 10.8 Å². The molecule has 0 N–H and O–H groups in total. The normalized spacial score (nSPS) is 10.7. The van der Waals surface area contributed by atoms with Crippen LogP contribution in [-0.2, 0) is 0 Å². The van der Waals surface area contributed by atoms with Crippen molar-refractivity contribution in [2.24, 2.45) is 0 Å². The fraction of sp³-hybridized carbons (Fsp3) is 0.0625. The maximum atomic E-state index is 12.0. The summed E-state index contributed by atoms with van der Waals surface area (Å²) >= 11 is 4.78. The standard InChI is InChI=1S/C16H11BrO2S/c17-16-9-8-15(20-16)13(18)10-19-14-7-3-5-11-4-1-2-6-12(11)14/h1-9H,10H2. The van der Waals surface area contributed by atoms with Crippen LogP contribution in [0.2, 0.25) is 0 Å². The lowest BCUT2D eigenvalue weighted by atomic mass is 10.1. The minimum absolute atomic E-state index is 0.00589. The number of Topliss-reactive ketones (excluding diaryl/α,β-unsaturated/α-hetero) is 1. The fourth-order valence-electron chi connectivity index (χ4n) is 2.00. The van der Waals surface area contributed by atoms with Gasteiger partial charge in [-0.25, -0.2) is 0 Å². The van der Waals surface area contributed by atoms with Gasteiger partial charge >= 0.3 is 0 Å². The van der Waals surface area contributed by atoms with Crippen LogP contribution in [0.1, 0.15) is 9.67 Å². The maximum absolute atomic E-state index is 12.0. The van der Waals surface area contributed by atoms with E-state index in [1.165, 1.54) is 11.3 Å². The van der Waals surface area contributed by atoms with E-state index in [4.69, 9.17) is 4.74 Å². The molecule has 3 rings (SSSR count). The van der Waals surface area contributed by atoms with Crippen LogP contribution in [0.4, 0.5) is 0 Å². The highest BCUT2D eigenvalue weighted by atomic mass is 79.9. The lowest BCUT2D eigenvalue weighted by Gasteiger charge is -2.08. The average Bonchev–Trinajstić information content (AvgIpc) is 2.91. The molecule has 0 amide bonds. The monoisotopic (exact) mass is 346 g/mol. The number of ketones is 1. The first-order chi connectivity index (χ1) is 9.74. The average molecular weight is 347 g/mol. The predicted molar refractivity (Wildman–Crippen MR) is 85.8 cm³/mol. The smallest absolute Gasteiger partial charge is 0.210 e. The summed E-state index contributed by atoms with van der Waals surface area (Å²) in [6.45, 7) is 0.0565. The lowest BCUT2D eigenvalue weighted by molar-refractivity contribution is 0.0927. The molecule has 1 aromatic heterocycles. The Labute approximate surface area is 129 Å². The van der Waals surface area contributed by atoms with Crippen LogP contribution >= 0.6 is 27.3 Å². The van der Waals surface area contributed by atoms with Crippen molar-refractivity contribution in [3.05, 3.63) is 63.3 Å². The molecule has 0 radical (unpaired) electrons. The van der Waals surface area contributed by atoms with Crippen molar-refractivity contribution in [1.82, 2.24) is 0 Å². The van der Waals surface area contributed by atoms with Gasteiger partial charge < -0.3 is 4.74 Å². The zero-order chi connectivity index (χ0) is 13.9. The van der Waals surface area contributed by atoms with Gasteiger partial charge in [-0.2, -0.15) is 0 Å². The quantitative estimate of drug-likeness (QED) is 0.626. The van der Waals surface area contributed by atoms with Crippen molar-refractivity contribution in [3.8, 4) is 5.75 Å². The molecule has 0 spiro atoms. The highest BCUT2D eigenvalue weighted by Crippen LogP contribution is 2.26. The molecule has 0 saturated heterocycles. The second-order valence-corrected chi connectivity index (χ2v) is 6.76. The molecule has 0 aliphatic rings. The summed E-state index contributed by atoms with van der Waals surface area (Å²) in [7, 11) is 0. The second kappa shape index (κ2) is 5.77. The number of carbonyl (C=O) groups is 1. The molecular weight excluding hydrogens is 336 g/mol. The van der Waals surface area contributed by atoms with E-state index in [9.17, 15) is 4.79 Å². The lowest BCUT2D eigenvalue weighted by Crippen LogP contribution is -2.10. The number of hydrogen-bond acceptors (Lipinski definition) is 3. The van der Waals surface area contributed by atoms with Gasteiger partial charge in [0, 0.05) is 5.39 Å². The molecule has 3 aromatic rings. The van der Waals surface area contributed by atoms with E-state index < -0.39 is 0 Å². The predicted octanol–water partition coefficient (Wildman–Crippen LogP) is 4.93. The fourth-order valence-corrected chi connectivity index (χ4v) is 3.31. The van der Waals surface area contributed by atoms with E-state index in [1.807, 2.05) is 54.6 Å². The first kappa shape index (κ1) is 13.3. The van der Waals surface area contributed by atoms with E-state index in [0.29, 0.717) is 4.88 Å². The second-order valence-electron chi connectivity index (χ2n) is 4.29. The highest BCUT2D eigenvalue weighted by Gasteiger charge is 2.10. The van der Waals surface area contributed by atoms with E-state index in [0.717, 1.165) is 20.3 Å². The molecule has 0 unspecified atom stereocenters. The van der Waals surface area contributed by atoms with Crippen LogP contribution in [0.5, 0.6) is 5.75 Å². The molecule has 100 valence electrons. The maximum Gasteiger partial charge on any atom is 0.210 e. The van der Waals surface area contributed by atoms with Crippen molar-refractivity contribution in [2.75, 3.05) is 6.61 Å². The van der Waals surface area contributed by atoms with Crippen molar-refractivity contribution < 1.29 is 9.53 Å². The van der Waals surface area contributed by atoms with Gasteiger partial charge in [-0.05, 0) is 39.5 Å². The Kier molecular flexibility index (Phi) is 3.85. The zero-order valence-corrected chi connectivity index (χ0v) is 12.9. The van der Waals surface area contributed by atoms with Crippen molar-refractivity contribution in [1.29, 1.82) is 0 Å². The molecule has 0 aliphatic carbocycles. The van der Waals surface area contributed by atoms with Gasteiger partial charge in [0.25, 0.3) is 0 Å². The topological polar surface area (TPSA) is 26.3 Å². The number of hydrogen-bond donors (Lipinski definition) is 0. The SMILES string of the molecule is O=C(COc1cccc2ccccc12)c1ccc(Br)s1. The van der Waals surface area contributed by atoms with Gasteiger partial charge in [0.2, 0.25) is 5.78 Å². The molecule has 0 aliphatic heterocycles. The van der Waals surface area contributed by atoms with Crippen molar-refractivity contribution >= 4 is 43.8 Å². The number of thiophene rings is 1. The van der Waals surface area contributed by atoms with E-state index in [1.54, 1.807) is 0 Å². The highest BCUT2D eigenvalue weighted by molar-refractivity contribution is 9.11. The first-order valence-corrected chi connectivity index (χ1v) is 7.74. The minimum Gasteiger partial charge on any atom is -0.485 e. The third-order valence-corrected chi connectivity index (χ3v) is 4.62.